The SMILES string of the molecule is O=C(Oc1ccc([S+](c2ccccc2)c2cccc(-c3cccc([S+](c4ccccc4)c4ccc(OC(=O)c5ccc6ccccc6c5)cc4)c3)c2)cc1)c1ccccc1. The van der Waals surface area contributed by atoms with Crippen LogP contribution >= 0.6 is 0 Å². The number of carbonyl (C=O) groups is 2. The summed E-state index contributed by atoms with van der Waals surface area (Å²) in [5.41, 5.74) is 3.25. The molecule has 0 N–H and O–H groups in total. The standard InChI is InChI=1S/C54H38O4S2/c55-53(40-15-4-1-5-16-40)57-45-28-32-49(33-29-45)59(47-20-6-2-7-21-47)51-24-12-18-42(37-51)43-19-13-25-52(38-43)60(48-22-8-3-9-23-48)50-34-30-46(31-35-50)58-54(56)44-27-26-39-14-10-11-17-41(39)36-44/h1-38H/q+2. The molecule has 0 amide bonds. The highest BCUT2D eigenvalue weighted by atomic mass is 32.2. The molecular weight excluding hydrogens is 777 g/mol. The van der Waals surface area contributed by atoms with Crippen molar-refractivity contribution in [1.82, 2.24) is 0 Å². The molecule has 9 aromatic rings. The van der Waals surface area contributed by atoms with Crippen LogP contribution in [0.5, 0.6) is 11.5 Å². The van der Waals surface area contributed by atoms with Crippen LogP contribution in [-0.4, -0.2) is 11.9 Å². The van der Waals surface area contributed by atoms with Gasteiger partial charge in [0, 0.05) is 12.1 Å². The van der Waals surface area contributed by atoms with E-state index in [1.165, 1.54) is 19.6 Å². The molecule has 0 fully saturated rings. The van der Waals surface area contributed by atoms with Gasteiger partial charge in [0.15, 0.2) is 29.4 Å². The number of hydrogen-bond acceptors (Lipinski definition) is 4. The van der Waals surface area contributed by atoms with Crippen LogP contribution in [0, 0.1) is 0 Å². The van der Waals surface area contributed by atoms with Gasteiger partial charge in [0.2, 0.25) is 0 Å². The van der Waals surface area contributed by atoms with E-state index >= 15 is 0 Å². The first kappa shape index (κ1) is 38.4. The van der Waals surface area contributed by atoms with E-state index in [1.54, 1.807) is 12.1 Å². The minimum Gasteiger partial charge on any atom is -0.423 e. The Kier molecular flexibility index (Phi) is 11.4. The van der Waals surface area contributed by atoms with Gasteiger partial charge in [-0.3, -0.25) is 0 Å². The molecule has 0 spiro atoms. The number of ether oxygens (including phenoxy) is 2. The lowest BCUT2D eigenvalue weighted by Crippen LogP contribution is -2.09. The molecule has 60 heavy (non-hydrogen) atoms. The molecule has 0 aliphatic heterocycles. The summed E-state index contributed by atoms with van der Waals surface area (Å²) in [4.78, 5) is 32.9. The number of esters is 2. The second kappa shape index (κ2) is 17.8. The van der Waals surface area contributed by atoms with Crippen LogP contribution in [0.2, 0.25) is 0 Å². The molecule has 0 heterocycles. The van der Waals surface area contributed by atoms with Gasteiger partial charge >= 0.3 is 11.9 Å². The Balaban J connectivity index is 0.998. The predicted octanol–water partition coefficient (Wildman–Crippen LogP) is 13.1. The Morgan fingerprint density at radius 1 is 0.300 bits per heavy atom. The van der Waals surface area contributed by atoms with E-state index in [4.69, 9.17) is 9.47 Å². The lowest BCUT2D eigenvalue weighted by atomic mass is 10.1. The summed E-state index contributed by atoms with van der Waals surface area (Å²) in [6, 6.07) is 77.0. The van der Waals surface area contributed by atoms with Gasteiger partial charge in [0.05, 0.1) is 32.9 Å². The van der Waals surface area contributed by atoms with Gasteiger partial charge in [0.25, 0.3) is 0 Å². The summed E-state index contributed by atoms with van der Waals surface area (Å²) in [7, 11) is -0.868. The summed E-state index contributed by atoms with van der Waals surface area (Å²) < 4.78 is 11.6. The summed E-state index contributed by atoms with van der Waals surface area (Å²) in [5.74, 6) is 0.226. The number of fused-ring (bicyclic) bond motifs is 1. The number of hydrogen-bond donors (Lipinski definition) is 0. The molecule has 2 atom stereocenters. The normalized spacial score (nSPS) is 12.0. The molecule has 0 bridgehead atoms. The number of carbonyl (C=O) groups excluding carboxylic acids is 2. The van der Waals surface area contributed by atoms with Crippen LogP contribution in [0.15, 0.2) is 260 Å². The van der Waals surface area contributed by atoms with Gasteiger partial charge in [-0.1, -0.05) is 109 Å². The van der Waals surface area contributed by atoms with Crippen LogP contribution in [0.4, 0.5) is 0 Å². The van der Waals surface area contributed by atoms with Crippen molar-refractivity contribution in [1.29, 1.82) is 0 Å². The van der Waals surface area contributed by atoms with E-state index in [-0.39, 0.29) is 11.9 Å². The van der Waals surface area contributed by atoms with Crippen molar-refractivity contribution < 1.29 is 19.1 Å². The molecule has 9 aromatic carbocycles. The Morgan fingerprint density at radius 3 is 1.20 bits per heavy atom. The molecule has 288 valence electrons. The van der Waals surface area contributed by atoms with Crippen LogP contribution in [-0.2, 0) is 21.8 Å². The highest BCUT2D eigenvalue weighted by Gasteiger charge is 2.31. The first-order chi connectivity index (χ1) is 29.6. The fourth-order valence-corrected chi connectivity index (χ4v) is 11.3. The third kappa shape index (κ3) is 8.66. The van der Waals surface area contributed by atoms with Crippen molar-refractivity contribution in [3.05, 3.63) is 242 Å². The van der Waals surface area contributed by atoms with Gasteiger partial charge in [0.1, 0.15) is 11.5 Å². The zero-order chi connectivity index (χ0) is 40.7. The van der Waals surface area contributed by atoms with E-state index in [9.17, 15) is 9.59 Å². The average Bonchev–Trinajstić information content (AvgIpc) is 3.31. The minimum absolute atomic E-state index is 0.384. The fraction of sp³-hybridized carbons (Fsp3) is 0. The van der Waals surface area contributed by atoms with Crippen molar-refractivity contribution in [3.8, 4) is 22.6 Å². The minimum atomic E-state index is -0.439. The van der Waals surface area contributed by atoms with Crippen LogP contribution in [0.1, 0.15) is 20.7 Å². The molecule has 0 aliphatic carbocycles. The zero-order valence-corrected chi connectivity index (χ0v) is 34.0. The predicted molar refractivity (Wildman–Crippen MR) is 242 cm³/mol. The van der Waals surface area contributed by atoms with Crippen molar-refractivity contribution in [2.75, 3.05) is 0 Å². The lowest BCUT2D eigenvalue weighted by molar-refractivity contribution is 0.0725. The third-order valence-electron chi connectivity index (χ3n) is 9.97. The number of benzene rings is 9. The van der Waals surface area contributed by atoms with Crippen molar-refractivity contribution in [3.63, 3.8) is 0 Å². The largest absolute Gasteiger partial charge is 0.423 e. The van der Waals surface area contributed by atoms with Gasteiger partial charge < -0.3 is 9.47 Å². The molecule has 0 aromatic heterocycles. The second-order valence-electron chi connectivity index (χ2n) is 13.9. The van der Waals surface area contributed by atoms with Crippen LogP contribution in [0.25, 0.3) is 21.9 Å². The Labute approximate surface area is 355 Å². The maximum atomic E-state index is 13.2. The Hall–Kier alpha value is -7.12. The molecule has 4 nitrogen and oxygen atoms in total. The molecular formula is C54H38O4S2+2. The summed E-state index contributed by atoms with van der Waals surface area (Å²) >= 11 is 0. The third-order valence-corrected chi connectivity index (χ3v) is 14.4. The molecule has 9 rings (SSSR count). The maximum Gasteiger partial charge on any atom is 0.343 e. The van der Waals surface area contributed by atoms with Crippen molar-refractivity contribution in [2.45, 2.75) is 29.4 Å². The maximum absolute atomic E-state index is 13.2. The summed E-state index contributed by atoms with van der Waals surface area (Å²) in [6.07, 6.45) is 0. The van der Waals surface area contributed by atoms with Gasteiger partial charge in [-0.2, -0.15) is 0 Å². The molecule has 6 heteroatoms. The Bertz CT molecular complexity index is 2900. The van der Waals surface area contributed by atoms with E-state index in [1.807, 2.05) is 97.1 Å². The Morgan fingerprint density at radius 2 is 0.700 bits per heavy atom. The summed E-state index contributed by atoms with van der Waals surface area (Å²) in [5, 5.41) is 2.07. The molecule has 0 saturated heterocycles. The fourth-order valence-electron chi connectivity index (χ4n) is 7.04. The second-order valence-corrected chi connectivity index (χ2v) is 18.0. The highest BCUT2D eigenvalue weighted by Crippen LogP contribution is 2.37. The quantitative estimate of drug-likeness (QED) is 0.0741. The van der Waals surface area contributed by atoms with Gasteiger partial charge in [-0.25, -0.2) is 9.59 Å². The topological polar surface area (TPSA) is 52.6 Å². The molecule has 2 unspecified atom stereocenters. The first-order valence-corrected chi connectivity index (χ1v) is 22.0. The van der Waals surface area contributed by atoms with Crippen LogP contribution in [0.3, 0.4) is 0 Å². The average molecular weight is 815 g/mol. The molecule has 0 aliphatic rings. The van der Waals surface area contributed by atoms with Crippen molar-refractivity contribution in [2.24, 2.45) is 0 Å². The zero-order valence-electron chi connectivity index (χ0n) is 32.4. The van der Waals surface area contributed by atoms with Gasteiger partial charge in [-0.05, 0) is 131 Å². The molecule has 0 saturated carbocycles. The van der Waals surface area contributed by atoms with E-state index in [0.717, 1.165) is 31.7 Å². The van der Waals surface area contributed by atoms with E-state index in [2.05, 4.69) is 121 Å². The molecule has 0 radical (unpaired) electrons. The van der Waals surface area contributed by atoms with Crippen molar-refractivity contribution >= 4 is 44.5 Å². The van der Waals surface area contributed by atoms with E-state index < -0.39 is 21.8 Å². The van der Waals surface area contributed by atoms with Crippen LogP contribution < -0.4 is 9.47 Å². The number of rotatable bonds is 11. The smallest absolute Gasteiger partial charge is 0.343 e. The highest BCUT2D eigenvalue weighted by molar-refractivity contribution is 7.97. The lowest BCUT2D eigenvalue weighted by Gasteiger charge is -2.12. The monoisotopic (exact) mass is 814 g/mol. The summed E-state index contributed by atoms with van der Waals surface area (Å²) in [6.45, 7) is 0. The first-order valence-electron chi connectivity index (χ1n) is 19.5. The van der Waals surface area contributed by atoms with Gasteiger partial charge in [-0.15, -0.1) is 0 Å². The van der Waals surface area contributed by atoms with E-state index in [0.29, 0.717) is 22.6 Å².